The molecule has 78 heavy (non-hydrogen) atoms. The molecule has 3 aliphatic rings. The highest BCUT2D eigenvalue weighted by molar-refractivity contribution is 7.25. The van der Waals surface area contributed by atoms with Crippen molar-refractivity contribution in [2.45, 2.75) is 104 Å². The summed E-state index contributed by atoms with van der Waals surface area (Å²) in [4.78, 5) is 2.51. The van der Waals surface area contributed by atoms with Crippen molar-refractivity contribution in [1.82, 2.24) is 4.57 Å². The molecule has 4 nitrogen and oxygen atoms in total. The lowest BCUT2D eigenvalue weighted by Crippen LogP contribution is -2.38. The molecule has 15 rings (SSSR count). The summed E-state index contributed by atoms with van der Waals surface area (Å²) in [5, 5.41) is 14.3. The van der Waals surface area contributed by atoms with Gasteiger partial charge in [0.15, 0.2) is 18.8 Å². The minimum absolute atomic E-state index is 0.0309. The van der Waals surface area contributed by atoms with E-state index in [0.717, 1.165) is 47.2 Å². The molecule has 0 saturated heterocycles. The van der Waals surface area contributed by atoms with E-state index in [1.165, 1.54) is 126 Å². The van der Waals surface area contributed by atoms with Crippen LogP contribution in [-0.4, -0.2) is 11.8 Å². The van der Waals surface area contributed by atoms with Crippen LogP contribution in [0.15, 0.2) is 170 Å². The Morgan fingerprint density at radius 1 is 0.487 bits per heavy atom. The van der Waals surface area contributed by atoms with Gasteiger partial charge in [0.25, 0.3) is 0 Å². The van der Waals surface area contributed by atoms with Gasteiger partial charge in [-0.05, 0) is 157 Å². The monoisotopic (exact) mass is 1030 g/mol. The molecular formula is C72H64BN3OS. The second kappa shape index (κ2) is 16.4. The fourth-order valence-corrected chi connectivity index (χ4v) is 14.9. The van der Waals surface area contributed by atoms with Gasteiger partial charge in [0, 0.05) is 59.0 Å². The molecule has 1 aliphatic carbocycles. The van der Waals surface area contributed by atoms with Crippen LogP contribution in [0.3, 0.4) is 0 Å². The number of hydrogen-bond donors (Lipinski definition) is 1. The van der Waals surface area contributed by atoms with Crippen molar-refractivity contribution in [3.05, 3.63) is 192 Å². The van der Waals surface area contributed by atoms with Crippen molar-refractivity contribution in [3.63, 3.8) is 0 Å². The van der Waals surface area contributed by atoms with E-state index < -0.39 is 0 Å². The Balaban J connectivity index is 1.13. The average molecular weight is 1030 g/mol. The maximum Gasteiger partial charge on any atom is 0.198 e. The van der Waals surface area contributed by atoms with Gasteiger partial charge in [0.05, 0.1) is 28.1 Å². The molecule has 0 atom stereocenters. The molecule has 0 radical (unpaired) electrons. The van der Waals surface area contributed by atoms with Crippen LogP contribution < -0.4 is 25.9 Å². The van der Waals surface area contributed by atoms with Crippen molar-refractivity contribution in [3.8, 4) is 28.3 Å². The largest absolute Gasteiger partial charge is 0.453 e. The Labute approximate surface area is 462 Å². The molecule has 0 amide bonds. The molecule has 2 aliphatic heterocycles. The zero-order valence-corrected chi connectivity index (χ0v) is 47.3. The summed E-state index contributed by atoms with van der Waals surface area (Å²) in [6, 6.07) is 64.6. The van der Waals surface area contributed by atoms with Crippen LogP contribution >= 0.6 is 11.3 Å². The van der Waals surface area contributed by atoms with E-state index in [4.69, 9.17) is 4.74 Å². The zero-order valence-electron chi connectivity index (χ0n) is 46.5. The standard InChI is InChI=1S/C72H64BN3OS/c1-69(2,3)41-27-30-43(31-28-41)74-55-37-50-49-36-52-53(72(9,10)34-33-71(52,7)8)40-63(49)78-62(50)39-48(55)51-38-59(75-57-23-15-17-25-60(57)77-61-26-18-16-24-58(61)75)65-64-46-21-13-11-19-44(46)45-20-12-14-22-47(45)67(64)76-56-32-29-42(70(4,5)6)35-54(56)73-66(51)68(65)76/h11-32,35-40,73-74H,33-34H2,1-10H3. The number of thiophene rings is 1. The number of nitrogens with zero attached hydrogens (tertiary/aromatic N) is 2. The Morgan fingerprint density at radius 2 is 1.05 bits per heavy atom. The third kappa shape index (κ3) is 6.97. The minimum atomic E-state index is -0.0361. The van der Waals surface area contributed by atoms with E-state index >= 15 is 0 Å². The van der Waals surface area contributed by atoms with Crippen molar-refractivity contribution < 1.29 is 4.74 Å². The summed E-state index contributed by atoms with van der Waals surface area (Å²) in [5.41, 5.74) is 20.0. The summed E-state index contributed by atoms with van der Waals surface area (Å²) in [6.45, 7) is 23.7. The number of para-hydroxylation sites is 4. The number of aromatic nitrogens is 1. The number of ether oxygens (including phenoxy) is 1. The zero-order chi connectivity index (χ0) is 53.4. The highest BCUT2D eigenvalue weighted by Gasteiger charge is 2.39. The van der Waals surface area contributed by atoms with Gasteiger partial charge in [-0.1, -0.05) is 172 Å². The van der Waals surface area contributed by atoms with Crippen LogP contribution in [0, 0.1) is 0 Å². The Bertz CT molecular complexity index is 4510. The normalized spacial score (nSPS) is 15.3. The number of fused-ring (bicyclic) bond motifs is 16. The maximum absolute atomic E-state index is 6.82. The molecule has 0 fully saturated rings. The quantitative estimate of drug-likeness (QED) is 0.141. The maximum atomic E-state index is 6.82. The molecule has 1 N–H and O–H groups in total. The lowest BCUT2D eigenvalue weighted by atomic mass is 9.58. The number of benzene rings is 10. The van der Waals surface area contributed by atoms with Crippen molar-refractivity contribution in [2.24, 2.45) is 0 Å². The van der Waals surface area contributed by atoms with E-state index in [2.05, 4.69) is 254 Å². The first-order chi connectivity index (χ1) is 37.4. The Hall–Kier alpha value is -7.80. The number of rotatable bonds is 4. The molecule has 0 bridgehead atoms. The van der Waals surface area contributed by atoms with Crippen LogP contribution in [-0.2, 0) is 21.7 Å². The van der Waals surface area contributed by atoms with Crippen LogP contribution in [0.5, 0.6) is 11.5 Å². The highest BCUT2D eigenvalue weighted by atomic mass is 32.1. The van der Waals surface area contributed by atoms with Crippen molar-refractivity contribution >= 4 is 122 Å². The van der Waals surface area contributed by atoms with Gasteiger partial charge in [-0.25, -0.2) is 0 Å². The molecular weight excluding hydrogens is 966 g/mol. The first kappa shape index (κ1) is 47.4. The average Bonchev–Trinajstić information content (AvgIpc) is 3.48. The van der Waals surface area contributed by atoms with Crippen LogP contribution in [0.4, 0.5) is 28.4 Å². The number of anilines is 5. The van der Waals surface area contributed by atoms with Gasteiger partial charge < -0.3 is 19.5 Å². The second-order valence-corrected chi connectivity index (χ2v) is 27.1. The van der Waals surface area contributed by atoms with Gasteiger partial charge in [-0.3, -0.25) is 0 Å². The van der Waals surface area contributed by atoms with Crippen LogP contribution in [0.25, 0.3) is 80.3 Å². The van der Waals surface area contributed by atoms with E-state index in [1.54, 1.807) is 0 Å². The van der Waals surface area contributed by atoms with Gasteiger partial charge in [0.2, 0.25) is 0 Å². The molecule has 6 heteroatoms. The molecule has 0 unspecified atom stereocenters. The predicted molar refractivity (Wildman–Crippen MR) is 338 cm³/mol. The molecule has 10 aromatic carbocycles. The number of hydrogen-bond acceptors (Lipinski definition) is 4. The van der Waals surface area contributed by atoms with Gasteiger partial charge in [-0.2, -0.15) is 0 Å². The van der Waals surface area contributed by atoms with E-state index in [-0.39, 0.29) is 21.7 Å². The third-order valence-electron chi connectivity index (χ3n) is 18.1. The highest BCUT2D eigenvalue weighted by Crippen LogP contribution is 2.56. The SMILES string of the molecule is CC(C)(C)c1ccc(Nc2cc3c(cc2-c2cc(N4c5ccccc5Oc5ccccc54)c4c5c6ccccc6c6ccccc6c5n5c4c2Bc2cc(C(C)(C)C)ccc2-5)sc2cc4c(cc23)C(C)(C)CCC4(C)C)cc1. The second-order valence-electron chi connectivity index (χ2n) is 26.0. The van der Waals surface area contributed by atoms with Gasteiger partial charge in [-0.15, -0.1) is 11.3 Å². The van der Waals surface area contributed by atoms with Crippen molar-refractivity contribution in [1.29, 1.82) is 0 Å². The van der Waals surface area contributed by atoms with Crippen molar-refractivity contribution in [2.75, 3.05) is 10.2 Å². The first-order valence-electron chi connectivity index (χ1n) is 28.1. The topological polar surface area (TPSA) is 29.4 Å². The molecule has 12 aromatic rings. The summed E-state index contributed by atoms with van der Waals surface area (Å²) < 4.78 is 12.1. The van der Waals surface area contributed by atoms with Gasteiger partial charge >= 0.3 is 0 Å². The number of nitrogens with one attached hydrogen (secondary N) is 1. The summed E-state index contributed by atoms with van der Waals surface area (Å²) in [6.07, 6.45) is 2.36. The molecule has 2 aromatic heterocycles. The van der Waals surface area contributed by atoms with Crippen LogP contribution in [0.2, 0.25) is 0 Å². The third-order valence-corrected chi connectivity index (χ3v) is 19.2. The Morgan fingerprint density at radius 3 is 1.72 bits per heavy atom. The summed E-state index contributed by atoms with van der Waals surface area (Å²) in [5.74, 6) is 1.67. The van der Waals surface area contributed by atoms with E-state index in [9.17, 15) is 0 Å². The first-order valence-corrected chi connectivity index (χ1v) is 28.9. The lowest BCUT2D eigenvalue weighted by molar-refractivity contribution is 0.332. The predicted octanol–water partition coefficient (Wildman–Crippen LogP) is 19.1. The fourth-order valence-electron chi connectivity index (χ4n) is 13.7. The van der Waals surface area contributed by atoms with E-state index in [1.807, 2.05) is 11.3 Å². The smallest absolute Gasteiger partial charge is 0.198 e. The summed E-state index contributed by atoms with van der Waals surface area (Å²) >= 11 is 1.95. The molecule has 0 saturated carbocycles. The lowest BCUT2D eigenvalue weighted by Gasteiger charge is -2.41. The van der Waals surface area contributed by atoms with E-state index in [0.29, 0.717) is 0 Å². The minimum Gasteiger partial charge on any atom is -0.453 e. The van der Waals surface area contributed by atoms with Crippen LogP contribution in [0.1, 0.15) is 104 Å². The molecule has 382 valence electrons. The molecule has 0 spiro atoms. The Kier molecular flexibility index (Phi) is 9.96. The van der Waals surface area contributed by atoms with Gasteiger partial charge in [0.1, 0.15) is 0 Å². The molecule has 4 heterocycles. The summed E-state index contributed by atoms with van der Waals surface area (Å²) in [7, 11) is 0.773. The fraction of sp³-hybridized carbons (Fsp3) is 0.222.